The molecule has 2 aromatic carbocycles. The van der Waals surface area contributed by atoms with Crippen LogP contribution in [0.15, 0.2) is 71.8 Å². The summed E-state index contributed by atoms with van der Waals surface area (Å²) in [6.45, 7) is 14.6. The van der Waals surface area contributed by atoms with Crippen LogP contribution in [0, 0.1) is 19.8 Å². The molecule has 4 bridgehead atoms. The van der Waals surface area contributed by atoms with Crippen LogP contribution in [0.1, 0.15) is 79.9 Å². The van der Waals surface area contributed by atoms with E-state index in [1.807, 2.05) is 68.4 Å². The van der Waals surface area contributed by atoms with Crippen molar-refractivity contribution < 1.29 is 17.9 Å². The highest BCUT2D eigenvalue weighted by Gasteiger charge is 2.35. The topological polar surface area (TPSA) is 114 Å². The van der Waals surface area contributed by atoms with E-state index in [9.17, 15) is 13.2 Å². The molecule has 0 saturated heterocycles. The van der Waals surface area contributed by atoms with Gasteiger partial charge in [-0.1, -0.05) is 65.0 Å². The third-order valence-corrected chi connectivity index (χ3v) is 9.48. The third-order valence-electron chi connectivity index (χ3n) is 8.15. The number of hydrogen-bond acceptors (Lipinski definition) is 8. The molecule has 0 fully saturated rings. The lowest BCUT2D eigenvalue weighted by Gasteiger charge is -2.36. The standard InChI is InChI=1S/C35H41N5O4S/c1-21(2)17-29-32(27-16-15-25(20-36-27)35(5,6)7)44-33(41)24-13-10-14-26(18-24)45(42,43)39-34-37-28(19-30(38-34)40(29)8)31-22(3)11-9-12-23(31)4/h9-16,18-21,29,32H,17H2,1-8H3,(H,37,38,39)/t29-,32-/m1/s1. The summed E-state index contributed by atoms with van der Waals surface area (Å²) in [7, 11) is -2.27. The number of fused-ring (bicyclic) bond motifs is 4. The first-order chi connectivity index (χ1) is 21.1. The summed E-state index contributed by atoms with van der Waals surface area (Å²) >= 11 is 0. The van der Waals surface area contributed by atoms with E-state index in [4.69, 9.17) is 14.7 Å². The van der Waals surface area contributed by atoms with E-state index >= 15 is 0 Å². The molecule has 0 unspecified atom stereocenters. The van der Waals surface area contributed by atoms with Gasteiger partial charge in [-0.2, -0.15) is 4.98 Å². The fraction of sp³-hybridized carbons (Fsp3) is 0.371. The van der Waals surface area contributed by atoms with Crippen LogP contribution in [-0.4, -0.2) is 42.4 Å². The van der Waals surface area contributed by atoms with Crippen molar-refractivity contribution in [3.05, 3.63) is 94.8 Å². The number of cyclic esters (lactones) is 1. The van der Waals surface area contributed by atoms with Crippen molar-refractivity contribution in [2.24, 2.45) is 5.92 Å². The number of aryl methyl sites for hydroxylation is 2. The number of benzene rings is 2. The van der Waals surface area contributed by atoms with Crippen LogP contribution in [0.5, 0.6) is 0 Å². The van der Waals surface area contributed by atoms with Crippen molar-refractivity contribution in [1.29, 1.82) is 0 Å². The van der Waals surface area contributed by atoms with Crippen molar-refractivity contribution >= 4 is 27.8 Å². The summed E-state index contributed by atoms with van der Waals surface area (Å²) in [5, 5.41) is 0. The number of nitrogens with one attached hydrogen (secondary N) is 1. The lowest BCUT2D eigenvalue weighted by Crippen LogP contribution is -2.41. The number of rotatable bonds is 4. The Kier molecular flexibility index (Phi) is 8.72. The van der Waals surface area contributed by atoms with Gasteiger partial charge >= 0.3 is 5.97 Å². The van der Waals surface area contributed by atoms with Crippen molar-refractivity contribution in [3.63, 3.8) is 0 Å². The van der Waals surface area contributed by atoms with Gasteiger partial charge in [-0.15, -0.1) is 0 Å². The lowest BCUT2D eigenvalue weighted by atomic mass is 9.87. The second kappa shape index (κ2) is 12.2. The minimum absolute atomic E-state index is 0.0681. The Morgan fingerprint density at radius 1 is 0.978 bits per heavy atom. The van der Waals surface area contributed by atoms with Gasteiger partial charge in [0.1, 0.15) is 5.82 Å². The number of nitrogens with zero attached hydrogens (tertiary/aromatic N) is 4. The minimum Gasteiger partial charge on any atom is -0.450 e. The minimum atomic E-state index is -4.15. The zero-order valence-electron chi connectivity index (χ0n) is 27.1. The summed E-state index contributed by atoms with van der Waals surface area (Å²) in [5.74, 6) is -0.0238. The maximum Gasteiger partial charge on any atom is 0.338 e. The highest BCUT2D eigenvalue weighted by atomic mass is 32.2. The first kappa shape index (κ1) is 32.1. The van der Waals surface area contributed by atoms with Crippen LogP contribution in [0.4, 0.5) is 11.8 Å². The number of carbonyl (C=O) groups is 1. The van der Waals surface area contributed by atoms with Crippen LogP contribution in [0.2, 0.25) is 0 Å². The molecule has 0 amide bonds. The highest BCUT2D eigenvalue weighted by molar-refractivity contribution is 7.92. The number of esters is 1. The number of pyridine rings is 1. The van der Waals surface area contributed by atoms with Crippen LogP contribution in [0.25, 0.3) is 11.3 Å². The first-order valence-electron chi connectivity index (χ1n) is 15.1. The maximum absolute atomic E-state index is 13.7. The van der Waals surface area contributed by atoms with Gasteiger partial charge in [0.25, 0.3) is 10.0 Å². The van der Waals surface area contributed by atoms with E-state index in [2.05, 4.69) is 44.3 Å². The van der Waals surface area contributed by atoms with Gasteiger partial charge in [-0.25, -0.2) is 22.9 Å². The Labute approximate surface area is 266 Å². The molecule has 5 rings (SSSR count). The third kappa shape index (κ3) is 6.86. The number of anilines is 2. The average Bonchev–Trinajstić information content (AvgIpc) is 2.97. The van der Waals surface area contributed by atoms with Crippen molar-refractivity contribution in [2.75, 3.05) is 16.7 Å². The number of ether oxygens (including phenoxy) is 1. The zero-order chi connectivity index (χ0) is 32.7. The van der Waals surface area contributed by atoms with Gasteiger partial charge < -0.3 is 9.64 Å². The molecular formula is C35H41N5O4S. The predicted molar refractivity (Wildman–Crippen MR) is 177 cm³/mol. The van der Waals surface area contributed by atoms with Crippen LogP contribution >= 0.6 is 0 Å². The molecule has 0 aliphatic carbocycles. The fourth-order valence-electron chi connectivity index (χ4n) is 5.65. The molecule has 9 nitrogen and oxygen atoms in total. The number of aromatic nitrogens is 3. The van der Waals surface area contributed by atoms with Crippen molar-refractivity contribution in [2.45, 2.75) is 77.3 Å². The fourth-order valence-corrected chi connectivity index (χ4v) is 6.64. The van der Waals surface area contributed by atoms with Gasteiger partial charge in [0.05, 0.1) is 27.9 Å². The van der Waals surface area contributed by atoms with Gasteiger partial charge in [-0.05, 0) is 72.6 Å². The normalized spacial score (nSPS) is 18.3. The number of likely N-dealkylation sites (N-methyl/N-ethyl adjacent to an activating group) is 1. The predicted octanol–water partition coefficient (Wildman–Crippen LogP) is 7.02. The molecule has 2 aromatic heterocycles. The quantitative estimate of drug-likeness (QED) is 0.240. The Morgan fingerprint density at radius 2 is 1.67 bits per heavy atom. The molecule has 1 N–H and O–H groups in total. The first-order valence-corrected chi connectivity index (χ1v) is 16.6. The highest BCUT2D eigenvalue weighted by Crippen LogP contribution is 2.36. The van der Waals surface area contributed by atoms with E-state index in [-0.39, 0.29) is 27.7 Å². The van der Waals surface area contributed by atoms with Gasteiger partial charge in [0.15, 0.2) is 6.10 Å². The molecule has 4 aromatic rings. The summed E-state index contributed by atoms with van der Waals surface area (Å²) in [5.41, 5.74) is 5.11. The lowest BCUT2D eigenvalue weighted by molar-refractivity contribution is 0.0196. The molecule has 3 heterocycles. The van der Waals surface area contributed by atoms with E-state index in [1.165, 1.54) is 18.2 Å². The Balaban J connectivity index is 1.76. The Hall–Kier alpha value is -4.31. The van der Waals surface area contributed by atoms with E-state index in [0.717, 1.165) is 22.3 Å². The molecule has 1 aliphatic heterocycles. The Morgan fingerprint density at radius 3 is 2.29 bits per heavy atom. The largest absolute Gasteiger partial charge is 0.450 e. The monoisotopic (exact) mass is 627 g/mol. The number of carbonyl (C=O) groups excluding carboxylic acids is 1. The summed E-state index contributed by atoms with van der Waals surface area (Å²) in [6, 6.07) is 17.1. The van der Waals surface area contributed by atoms with Crippen molar-refractivity contribution in [1.82, 2.24) is 15.0 Å². The molecule has 0 spiro atoms. The number of sulfonamides is 1. The molecule has 10 heteroatoms. The number of hydrogen-bond donors (Lipinski definition) is 1. The van der Waals surface area contributed by atoms with Crippen LogP contribution in [-0.2, 0) is 20.2 Å². The molecule has 0 saturated carbocycles. The second-order valence-electron chi connectivity index (χ2n) is 13.2. The molecule has 0 radical (unpaired) electrons. The van der Waals surface area contributed by atoms with E-state index < -0.39 is 28.1 Å². The molecular weight excluding hydrogens is 586 g/mol. The summed E-state index contributed by atoms with van der Waals surface area (Å²) in [4.78, 5) is 29.8. The van der Waals surface area contributed by atoms with E-state index in [1.54, 1.807) is 6.07 Å². The molecule has 236 valence electrons. The second-order valence-corrected chi connectivity index (χ2v) is 14.9. The summed E-state index contributed by atoms with van der Waals surface area (Å²) in [6.07, 6.45) is 1.66. The molecule has 2 atom stereocenters. The maximum atomic E-state index is 13.7. The van der Waals surface area contributed by atoms with Gasteiger partial charge in [0, 0.05) is 24.9 Å². The summed E-state index contributed by atoms with van der Waals surface area (Å²) < 4.78 is 36.0. The molecule has 1 aliphatic rings. The van der Waals surface area contributed by atoms with Gasteiger partial charge in [0.2, 0.25) is 5.95 Å². The van der Waals surface area contributed by atoms with Crippen LogP contribution < -0.4 is 9.62 Å². The van der Waals surface area contributed by atoms with Crippen molar-refractivity contribution in [3.8, 4) is 11.3 Å². The average molecular weight is 628 g/mol. The smallest absolute Gasteiger partial charge is 0.338 e. The SMILES string of the molecule is Cc1cccc(C)c1-c1cc2nc(n1)NS(=O)(=O)c1cccc(c1)C(=O)O[C@H](c1ccc(C(C)(C)C)cn1)[C@@H](CC(C)C)N2C. The Bertz CT molecular complexity index is 1810. The van der Waals surface area contributed by atoms with Gasteiger partial charge in [-0.3, -0.25) is 4.98 Å². The van der Waals surface area contributed by atoms with Crippen LogP contribution in [0.3, 0.4) is 0 Å². The zero-order valence-corrected chi connectivity index (χ0v) is 27.9. The van der Waals surface area contributed by atoms with E-state index in [0.29, 0.717) is 23.6 Å². The molecule has 45 heavy (non-hydrogen) atoms.